The zero-order valence-electron chi connectivity index (χ0n) is 10.6. The summed E-state index contributed by atoms with van der Waals surface area (Å²) in [5.41, 5.74) is -1.16. The Morgan fingerprint density at radius 1 is 1.35 bits per heavy atom. The molecule has 98 valence electrons. The Balaban J connectivity index is 2.79. The summed E-state index contributed by atoms with van der Waals surface area (Å²) in [5.74, 6) is 0.882. The van der Waals surface area contributed by atoms with Crippen molar-refractivity contribution in [2.75, 3.05) is 31.1 Å². The SMILES string of the molecule is CCN(C(=O)N1CCSCC1)C(C)(C)C(=O)O. The van der Waals surface area contributed by atoms with Gasteiger partial charge in [-0.25, -0.2) is 9.59 Å². The molecule has 0 aromatic carbocycles. The van der Waals surface area contributed by atoms with E-state index in [4.69, 9.17) is 0 Å². The third-order valence-electron chi connectivity index (χ3n) is 3.03. The van der Waals surface area contributed by atoms with Crippen LogP contribution < -0.4 is 0 Å². The molecule has 1 aliphatic heterocycles. The van der Waals surface area contributed by atoms with Crippen molar-refractivity contribution in [3.05, 3.63) is 0 Å². The molecule has 5 nitrogen and oxygen atoms in total. The van der Waals surface area contributed by atoms with E-state index < -0.39 is 11.5 Å². The predicted octanol–water partition coefficient (Wildman–Crippen LogP) is 1.34. The maximum atomic E-state index is 12.3. The van der Waals surface area contributed by atoms with Crippen LogP contribution in [-0.4, -0.2) is 63.6 Å². The summed E-state index contributed by atoms with van der Waals surface area (Å²) in [7, 11) is 0. The topological polar surface area (TPSA) is 60.9 Å². The average Bonchev–Trinajstić information content (AvgIpc) is 2.30. The van der Waals surface area contributed by atoms with Crippen molar-refractivity contribution >= 4 is 23.8 Å². The number of carboxylic acid groups (broad SMARTS) is 1. The molecule has 0 spiro atoms. The number of urea groups is 1. The lowest BCUT2D eigenvalue weighted by molar-refractivity contribution is -0.147. The fourth-order valence-corrected chi connectivity index (χ4v) is 2.71. The molecule has 2 amide bonds. The summed E-state index contributed by atoms with van der Waals surface area (Å²) in [5, 5.41) is 9.17. The minimum absolute atomic E-state index is 0.166. The van der Waals surface area contributed by atoms with E-state index in [-0.39, 0.29) is 6.03 Å². The van der Waals surface area contributed by atoms with Gasteiger partial charge in [-0.1, -0.05) is 0 Å². The van der Waals surface area contributed by atoms with Gasteiger partial charge >= 0.3 is 12.0 Å². The second kappa shape index (κ2) is 5.62. The number of thioether (sulfide) groups is 1. The first-order chi connectivity index (χ1) is 7.91. The quantitative estimate of drug-likeness (QED) is 0.832. The Bertz CT molecular complexity index is 301. The molecule has 0 bridgehead atoms. The molecular weight excluding hydrogens is 240 g/mol. The number of amides is 2. The van der Waals surface area contributed by atoms with E-state index in [1.807, 2.05) is 11.8 Å². The van der Waals surface area contributed by atoms with E-state index in [2.05, 4.69) is 0 Å². The minimum atomic E-state index is -1.16. The summed E-state index contributed by atoms with van der Waals surface area (Å²) in [6.07, 6.45) is 0. The second-order valence-electron chi connectivity index (χ2n) is 4.49. The van der Waals surface area contributed by atoms with Gasteiger partial charge in [0.25, 0.3) is 0 Å². The van der Waals surface area contributed by atoms with Crippen LogP contribution in [0.25, 0.3) is 0 Å². The van der Waals surface area contributed by atoms with Crippen molar-refractivity contribution in [2.24, 2.45) is 0 Å². The van der Waals surface area contributed by atoms with Crippen molar-refractivity contribution in [1.29, 1.82) is 0 Å². The van der Waals surface area contributed by atoms with Crippen molar-refractivity contribution in [1.82, 2.24) is 9.80 Å². The van der Waals surface area contributed by atoms with Crippen LogP contribution in [0.1, 0.15) is 20.8 Å². The zero-order chi connectivity index (χ0) is 13.1. The predicted molar refractivity (Wildman–Crippen MR) is 68.4 cm³/mol. The van der Waals surface area contributed by atoms with Crippen molar-refractivity contribution in [2.45, 2.75) is 26.3 Å². The first-order valence-corrected chi connectivity index (χ1v) is 6.94. The molecule has 0 atom stereocenters. The normalized spacial score (nSPS) is 16.8. The fourth-order valence-electron chi connectivity index (χ4n) is 1.81. The molecule has 1 fully saturated rings. The number of carbonyl (C=O) groups excluding carboxylic acids is 1. The van der Waals surface area contributed by atoms with Crippen LogP contribution in [0.3, 0.4) is 0 Å². The Morgan fingerprint density at radius 2 is 1.88 bits per heavy atom. The number of carbonyl (C=O) groups is 2. The maximum Gasteiger partial charge on any atom is 0.329 e. The third-order valence-corrected chi connectivity index (χ3v) is 3.97. The van der Waals surface area contributed by atoms with Gasteiger partial charge in [0.1, 0.15) is 5.54 Å². The lowest BCUT2D eigenvalue weighted by atomic mass is 10.0. The third kappa shape index (κ3) is 3.06. The number of nitrogens with zero attached hydrogens (tertiary/aromatic N) is 2. The van der Waals surface area contributed by atoms with Crippen LogP contribution in [0.4, 0.5) is 4.79 Å². The van der Waals surface area contributed by atoms with E-state index in [1.54, 1.807) is 25.7 Å². The zero-order valence-corrected chi connectivity index (χ0v) is 11.4. The van der Waals surface area contributed by atoms with E-state index in [0.29, 0.717) is 19.6 Å². The van der Waals surface area contributed by atoms with Gasteiger partial charge in [-0.05, 0) is 20.8 Å². The van der Waals surface area contributed by atoms with Crippen LogP contribution in [0, 0.1) is 0 Å². The van der Waals surface area contributed by atoms with E-state index in [1.165, 1.54) is 4.90 Å². The number of hydrogen-bond acceptors (Lipinski definition) is 3. The van der Waals surface area contributed by atoms with Crippen LogP contribution in [-0.2, 0) is 4.79 Å². The molecule has 1 aliphatic rings. The van der Waals surface area contributed by atoms with Gasteiger partial charge in [-0.15, -0.1) is 0 Å². The minimum Gasteiger partial charge on any atom is -0.480 e. The maximum absolute atomic E-state index is 12.3. The highest BCUT2D eigenvalue weighted by molar-refractivity contribution is 7.99. The van der Waals surface area contributed by atoms with Crippen LogP contribution in [0.5, 0.6) is 0 Å². The molecule has 0 radical (unpaired) electrons. The van der Waals surface area contributed by atoms with Gasteiger partial charge in [-0.2, -0.15) is 11.8 Å². The molecule has 1 rings (SSSR count). The Morgan fingerprint density at radius 3 is 2.29 bits per heavy atom. The Kier molecular flexibility index (Phi) is 4.68. The lowest BCUT2D eigenvalue weighted by Crippen LogP contribution is -2.58. The summed E-state index contributed by atoms with van der Waals surface area (Å²) in [6.45, 7) is 6.75. The van der Waals surface area contributed by atoms with E-state index in [9.17, 15) is 14.7 Å². The van der Waals surface area contributed by atoms with E-state index in [0.717, 1.165) is 11.5 Å². The van der Waals surface area contributed by atoms with Gasteiger partial charge in [0.05, 0.1) is 0 Å². The number of hydrogen-bond donors (Lipinski definition) is 1. The largest absolute Gasteiger partial charge is 0.480 e. The van der Waals surface area contributed by atoms with Crippen molar-refractivity contribution in [3.8, 4) is 0 Å². The molecule has 1 heterocycles. The highest BCUT2D eigenvalue weighted by Crippen LogP contribution is 2.19. The monoisotopic (exact) mass is 260 g/mol. The molecule has 0 aromatic heterocycles. The van der Waals surface area contributed by atoms with Gasteiger partial charge in [0.15, 0.2) is 0 Å². The summed E-state index contributed by atoms with van der Waals surface area (Å²) < 4.78 is 0. The molecule has 0 aliphatic carbocycles. The Hall–Kier alpha value is -0.910. The smallest absolute Gasteiger partial charge is 0.329 e. The molecule has 6 heteroatoms. The molecule has 0 unspecified atom stereocenters. The van der Waals surface area contributed by atoms with Crippen molar-refractivity contribution < 1.29 is 14.7 Å². The molecular formula is C11H20N2O3S. The number of rotatable bonds is 3. The van der Waals surface area contributed by atoms with Crippen LogP contribution >= 0.6 is 11.8 Å². The first-order valence-electron chi connectivity index (χ1n) is 5.79. The fraction of sp³-hybridized carbons (Fsp3) is 0.818. The van der Waals surface area contributed by atoms with Gasteiger partial charge in [0.2, 0.25) is 0 Å². The standard InChI is InChI=1S/C11H20N2O3S/c1-4-13(11(2,3)9(14)15)10(16)12-5-7-17-8-6-12/h4-8H2,1-3H3,(H,14,15). The summed E-state index contributed by atoms with van der Waals surface area (Å²) in [6, 6.07) is -0.166. The van der Waals surface area contributed by atoms with Crippen molar-refractivity contribution in [3.63, 3.8) is 0 Å². The number of likely N-dealkylation sites (N-methyl/N-ethyl adjacent to an activating group) is 1. The summed E-state index contributed by atoms with van der Waals surface area (Å²) >= 11 is 1.82. The molecule has 0 saturated carbocycles. The second-order valence-corrected chi connectivity index (χ2v) is 5.72. The lowest BCUT2D eigenvalue weighted by Gasteiger charge is -2.39. The van der Waals surface area contributed by atoms with Crippen LogP contribution in [0.2, 0.25) is 0 Å². The Labute approximate surface area is 106 Å². The highest BCUT2D eigenvalue weighted by atomic mass is 32.2. The van der Waals surface area contributed by atoms with Gasteiger partial charge in [0, 0.05) is 31.1 Å². The summed E-state index contributed by atoms with van der Waals surface area (Å²) in [4.78, 5) is 26.6. The first kappa shape index (κ1) is 14.2. The van der Waals surface area contributed by atoms with Gasteiger partial charge in [-0.3, -0.25) is 0 Å². The van der Waals surface area contributed by atoms with E-state index >= 15 is 0 Å². The number of aliphatic carboxylic acids is 1. The highest BCUT2D eigenvalue weighted by Gasteiger charge is 2.38. The molecule has 17 heavy (non-hydrogen) atoms. The molecule has 1 saturated heterocycles. The molecule has 0 aromatic rings. The van der Waals surface area contributed by atoms with Gasteiger partial charge < -0.3 is 14.9 Å². The number of carboxylic acids is 1. The average molecular weight is 260 g/mol. The molecule has 1 N–H and O–H groups in total. The van der Waals surface area contributed by atoms with Crippen LogP contribution in [0.15, 0.2) is 0 Å².